The number of aromatic nitrogens is 4. The summed E-state index contributed by atoms with van der Waals surface area (Å²) in [5.41, 5.74) is 1.98. The molecule has 5 rings (SSSR count). The Bertz CT molecular complexity index is 1430. The number of hydrogen-bond acceptors (Lipinski definition) is 7. The van der Waals surface area contributed by atoms with Crippen LogP contribution in [0.5, 0.6) is 0 Å². The molecule has 13 heteroatoms. The van der Waals surface area contributed by atoms with Gasteiger partial charge in [-0.1, -0.05) is 25.1 Å². The number of para-hydroxylation sites is 1. The summed E-state index contributed by atoms with van der Waals surface area (Å²) in [7, 11) is -3.81. The van der Waals surface area contributed by atoms with Crippen LogP contribution in [0.25, 0.3) is 17.1 Å². The van der Waals surface area contributed by atoms with Crippen LogP contribution in [0.4, 0.5) is 14.5 Å². The van der Waals surface area contributed by atoms with Crippen LogP contribution in [0.3, 0.4) is 0 Å². The van der Waals surface area contributed by atoms with Crippen LogP contribution < -0.4 is 4.31 Å². The van der Waals surface area contributed by atoms with E-state index in [1.165, 1.54) is 8.61 Å². The fourth-order valence-corrected chi connectivity index (χ4v) is 5.73. The van der Waals surface area contributed by atoms with E-state index in [4.69, 9.17) is 4.42 Å². The normalized spacial score (nSPS) is 15.7. The molecule has 0 saturated carbocycles. The molecule has 0 aliphatic carbocycles. The lowest BCUT2D eigenvalue weighted by Crippen LogP contribution is -2.53. The van der Waals surface area contributed by atoms with Crippen molar-refractivity contribution in [1.29, 1.82) is 0 Å². The summed E-state index contributed by atoms with van der Waals surface area (Å²) in [6.07, 6.45) is 0.556. The van der Waals surface area contributed by atoms with Gasteiger partial charge in [-0.15, -0.1) is 10.2 Å². The molecule has 1 aliphatic heterocycles. The van der Waals surface area contributed by atoms with Gasteiger partial charge in [0.2, 0.25) is 5.89 Å². The lowest BCUT2D eigenvalue weighted by molar-refractivity contribution is 0.116. The molecule has 36 heavy (non-hydrogen) atoms. The van der Waals surface area contributed by atoms with Crippen LogP contribution in [-0.4, -0.2) is 69.9 Å². The number of likely N-dealkylation sites (N-methyl/N-ethyl adjacent to an activating group) is 1. The minimum Gasteiger partial charge on any atom is -0.415 e. The Labute approximate surface area is 207 Å². The summed E-state index contributed by atoms with van der Waals surface area (Å²) < 4.78 is 62.7. The maximum atomic E-state index is 13.7. The molecular weight excluding hydrogens is 492 g/mol. The molecule has 0 unspecified atom stereocenters. The summed E-state index contributed by atoms with van der Waals surface area (Å²) in [5.74, 6) is -0.797. The van der Waals surface area contributed by atoms with Crippen molar-refractivity contribution < 1.29 is 21.6 Å². The first-order valence-corrected chi connectivity index (χ1v) is 12.9. The van der Waals surface area contributed by atoms with Crippen LogP contribution in [0.2, 0.25) is 0 Å². The highest BCUT2D eigenvalue weighted by atomic mass is 32.2. The van der Waals surface area contributed by atoms with Gasteiger partial charge in [0, 0.05) is 44.1 Å². The number of rotatable bonds is 8. The largest absolute Gasteiger partial charge is 0.415 e. The first-order chi connectivity index (χ1) is 17.3. The fraction of sp³-hybridized carbons (Fsp3) is 0.348. The Hall–Kier alpha value is -3.42. The van der Waals surface area contributed by atoms with Crippen molar-refractivity contribution in [2.24, 2.45) is 0 Å². The summed E-state index contributed by atoms with van der Waals surface area (Å²) >= 11 is 0. The van der Waals surface area contributed by atoms with E-state index in [2.05, 4.69) is 27.0 Å². The van der Waals surface area contributed by atoms with Crippen molar-refractivity contribution in [1.82, 2.24) is 28.8 Å². The van der Waals surface area contributed by atoms with E-state index in [1.54, 1.807) is 53.2 Å². The average molecular weight is 518 g/mol. The van der Waals surface area contributed by atoms with Crippen LogP contribution >= 0.6 is 0 Å². The lowest BCUT2D eigenvalue weighted by Gasteiger charge is -2.36. The standard InChI is InChI=1S/C23H25F2N7O3S/c1-2-29-10-12-31(13-11-29)36(33,34)32(19-6-4-3-5-7-19)16-18-15-30-9-8-17(14-20(30)26-18)22-27-28-23(35-22)21(24)25/h3-9,14-15,21H,2,10-13,16H2,1H3. The summed E-state index contributed by atoms with van der Waals surface area (Å²) in [6.45, 7) is 5.15. The molecule has 0 amide bonds. The van der Waals surface area contributed by atoms with Gasteiger partial charge in [-0.2, -0.15) is 21.5 Å². The molecule has 1 fully saturated rings. The molecule has 190 valence electrons. The number of imidazole rings is 1. The van der Waals surface area contributed by atoms with E-state index < -0.39 is 22.5 Å². The van der Waals surface area contributed by atoms with Gasteiger partial charge in [0.15, 0.2) is 0 Å². The zero-order chi connectivity index (χ0) is 25.3. The Morgan fingerprint density at radius 2 is 1.83 bits per heavy atom. The Balaban J connectivity index is 1.44. The highest BCUT2D eigenvalue weighted by molar-refractivity contribution is 7.90. The van der Waals surface area contributed by atoms with E-state index in [0.29, 0.717) is 48.8 Å². The van der Waals surface area contributed by atoms with Crippen LogP contribution in [0, 0.1) is 0 Å². The minimum atomic E-state index is -3.81. The molecule has 4 heterocycles. The molecule has 0 N–H and O–H groups in total. The molecule has 1 aliphatic rings. The van der Waals surface area contributed by atoms with Gasteiger partial charge >= 0.3 is 16.6 Å². The Morgan fingerprint density at radius 3 is 2.50 bits per heavy atom. The number of fused-ring (bicyclic) bond motifs is 1. The molecule has 10 nitrogen and oxygen atoms in total. The molecule has 0 bridgehead atoms. The average Bonchev–Trinajstić information content (AvgIpc) is 3.54. The van der Waals surface area contributed by atoms with Crippen molar-refractivity contribution in [3.05, 3.63) is 66.4 Å². The van der Waals surface area contributed by atoms with Gasteiger partial charge in [0.05, 0.1) is 17.9 Å². The third kappa shape index (κ3) is 4.81. The highest BCUT2D eigenvalue weighted by Crippen LogP contribution is 2.26. The highest BCUT2D eigenvalue weighted by Gasteiger charge is 2.33. The topological polar surface area (TPSA) is 100 Å². The van der Waals surface area contributed by atoms with Gasteiger partial charge in [0.1, 0.15) is 5.65 Å². The number of halogens is 2. The van der Waals surface area contributed by atoms with Gasteiger partial charge in [-0.25, -0.2) is 4.98 Å². The number of pyridine rings is 1. The van der Waals surface area contributed by atoms with Gasteiger partial charge in [-0.05, 0) is 30.8 Å². The van der Waals surface area contributed by atoms with E-state index in [1.807, 2.05) is 6.07 Å². The first-order valence-electron chi connectivity index (χ1n) is 11.5. The van der Waals surface area contributed by atoms with E-state index in [0.717, 1.165) is 6.54 Å². The second-order valence-corrected chi connectivity index (χ2v) is 10.2. The molecule has 0 spiro atoms. The predicted octanol–water partition coefficient (Wildman–Crippen LogP) is 3.21. The van der Waals surface area contributed by atoms with Crippen LogP contribution in [-0.2, 0) is 16.8 Å². The molecular formula is C23H25F2N7O3S. The van der Waals surface area contributed by atoms with Crippen molar-refractivity contribution in [2.75, 3.05) is 37.0 Å². The molecule has 0 atom stereocenters. The molecule has 0 radical (unpaired) electrons. The zero-order valence-corrected chi connectivity index (χ0v) is 20.4. The number of hydrogen-bond donors (Lipinski definition) is 0. The molecule has 1 saturated heterocycles. The maximum Gasteiger partial charge on any atom is 0.314 e. The lowest BCUT2D eigenvalue weighted by atomic mass is 10.2. The Kier molecular flexibility index (Phi) is 6.69. The summed E-state index contributed by atoms with van der Waals surface area (Å²) in [4.78, 5) is 6.80. The third-order valence-corrected chi connectivity index (χ3v) is 8.03. The summed E-state index contributed by atoms with van der Waals surface area (Å²) in [5, 5.41) is 7.03. The molecule has 3 aromatic heterocycles. The second kappa shape index (κ2) is 9.91. The SMILES string of the molecule is CCN1CCN(S(=O)(=O)N(Cc2cn3ccc(-c4nnc(C(F)F)o4)cc3n2)c2ccccc2)CC1. The number of anilines is 1. The molecule has 4 aromatic rings. The minimum absolute atomic E-state index is 0.0213. The van der Waals surface area contributed by atoms with Crippen LogP contribution in [0.1, 0.15) is 24.9 Å². The number of benzene rings is 1. The number of nitrogens with zero attached hydrogens (tertiary/aromatic N) is 7. The van der Waals surface area contributed by atoms with E-state index >= 15 is 0 Å². The van der Waals surface area contributed by atoms with Gasteiger partial charge in [-0.3, -0.25) is 4.31 Å². The monoisotopic (exact) mass is 517 g/mol. The first kappa shape index (κ1) is 24.3. The van der Waals surface area contributed by atoms with Gasteiger partial charge < -0.3 is 13.7 Å². The van der Waals surface area contributed by atoms with Gasteiger partial charge in [0.25, 0.3) is 5.89 Å². The number of piperazine rings is 1. The van der Waals surface area contributed by atoms with Crippen molar-refractivity contribution in [3.63, 3.8) is 0 Å². The Morgan fingerprint density at radius 1 is 1.08 bits per heavy atom. The van der Waals surface area contributed by atoms with Crippen molar-refractivity contribution in [2.45, 2.75) is 19.9 Å². The van der Waals surface area contributed by atoms with Crippen molar-refractivity contribution >= 4 is 21.5 Å². The predicted molar refractivity (Wildman–Crippen MR) is 129 cm³/mol. The third-order valence-electron chi connectivity index (χ3n) is 6.12. The maximum absolute atomic E-state index is 13.7. The number of alkyl halides is 2. The fourth-order valence-electron chi connectivity index (χ4n) is 4.15. The van der Waals surface area contributed by atoms with Crippen LogP contribution in [0.15, 0.2) is 59.3 Å². The second-order valence-electron chi connectivity index (χ2n) is 8.34. The smallest absolute Gasteiger partial charge is 0.314 e. The summed E-state index contributed by atoms with van der Waals surface area (Å²) in [6, 6.07) is 12.2. The van der Waals surface area contributed by atoms with E-state index in [-0.39, 0.29) is 12.4 Å². The zero-order valence-electron chi connectivity index (χ0n) is 19.5. The quantitative estimate of drug-likeness (QED) is 0.354. The van der Waals surface area contributed by atoms with E-state index in [9.17, 15) is 17.2 Å². The van der Waals surface area contributed by atoms with Crippen molar-refractivity contribution in [3.8, 4) is 11.5 Å². The molecule has 1 aromatic carbocycles.